The van der Waals surface area contributed by atoms with Gasteiger partial charge in [-0.2, -0.15) is 0 Å². The fraction of sp³-hybridized carbons (Fsp3) is 0.286. The summed E-state index contributed by atoms with van der Waals surface area (Å²) in [6.07, 6.45) is 5.43. The minimum atomic E-state index is -0.177. The van der Waals surface area contributed by atoms with Crippen LogP contribution in [0.3, 0.4) is 0 Å². The zero-order chi connectivity index (χ0) is 16.5. The molecule has 0 saturated heterocycles. The number of hydrogen-bond acceptors (Lipinski definition) is 2. The molecule has 122 valence electrons. The Morgan fingerprint density at radius 3 is 2.88 bits per heavy atom. The van der Waals surface area contributed by atoms with E-state index in [1.165, 1.54) is 11.1 Å². The van der Waals surface area contributed by atoms with Crippen LogP contribution < -0.4 is 10.6 Å². The van der Waals surface area contributed by atoms with Crippen molar-refractivity contribution in [2.75, 3.05) is 5.32 Å². The molecule has 0 aromatic heterocycles. The van der Waals surface area contributed by atoms with Crippen LogP contribution in [-0.2, 0) is 11.3 Å². The first kappa shape index (κ1) is 15.0. The Kier molecular flexibility index (Phi) is 3.85. The zero-order valence-corrected chi connectivity index (χ0v) is 13.8. The van der Waals surface area contributed by atoms with Crippen LogP contribution >= 0.6 is 0 Å². The minimum absolute atomic E-state index is 0.0868. The molecule has 24 heavy (non-hydrogen) atoms. The Hall–Kier alpha value is -2.55. The van der Waals surface area contributed by atoms with E-state index >= 15 is 0 Å². The summed E-state index contributed by atoms with van der Waals surface area (Å²) in [6, 6.07) is 16.3. The molecule has 2 aromatic rings. The van der Waals surface area contributed by atoms with E-state index in [0.717, 1.165) is 17.7 Å². The highest BCUT2D eigenvalue weighted by molar-refractivity contribution is 5.86. The molecule has 2 N–H and O–H groups in total. The van der Waals surface area contributed by atoms with Crippen LogP contribution in [0.2, 0.25) is 0 Å². The molecule has 0 spiro atoms. The Balaban J connectivity index is 1.53. The maximum absolute atomic E-state index is 12.8. The number of hydrogen-bond donors (Lipinski definition) is 2. The van der Waals surface area contributed by atoms with Crippen molar-refractivity contribution in [2.24, 2.45) is 5.92 Å². The quantitative estimate of drug-likeness (QED) is 0.846. The van der Waals surface area contributed by atoms with E-state index in [1.807, 2.05) is 30.3 Å². The van der Waals surface area contributed by atoms with Crippen LogP contribution in [0.25, 0.3) is 0 Å². The molecule has 4 rings (SSSR count). The molecule has 1 aliphatic heterocycles. The number of carbonyl (C=O) groups excluding carboxylic acids is 1. The monoisotopic (exact) mass is 318 g/mol. The van der Waals surface area contributed by atoms with Gasteiger partial charge < -0.3 is 10.6 Å². The van der Waals surface area contributed by atoms with Gasteiger partial charge in [0.05, 0.1) is 0 Å². The second-order valence-corrected chi connectivity index (χ2v) is 6.77. The van der Waals surface area contributed by atoms with Gasteiger partial charge in [-0.05, 0) is 30.5 Å². The van der Waals surface area contributed by atoms with Crippen LogP contribution in [0.4, 0.5) is 5.69 Å². The first-order chi connectivity index (χ1) is 11.7. The number of benzene rings is 2. The van der Waals surface area contributed by atoms with Crippen LogP contribution in [0, 0.1) is 12.8 Å². The number of rotatable bonds is 3. The predicted molar refractivity (Wildman–Crippen MR) is 96.9 cm³/mol. The summed E-state index contributed by atoms with van der Waals surface area (Å²) in [7, 11) is 0. The molecule has 0 radical (unpaired) electrons. The Bertz CT molecular complexity index is 782. The first-order valence-corrected chi connectivity index (χ1v) is 8.58. The van der Waals surface area contributed by atoms with E-state index in [-0.39, 0.29) is 11.9 Å². The van der Waals surface area contributed by atoms with Crippen molar-refractivity contribution < 1.29 is 4.79 Å². The summed E-state index contributed by atoms with van der Waals surface area (Å²) >= 11 is 0. The molecule has 3 unspecified atom stereocenters. The standard InChI is InChI=1S/C21H22N2O/c1-14-10-11-19-18(12-14)16-8-5-9-17(16)20(23-19)21(24)22-13-15-6-3-2-4-7-15/h2-8,10-12,16-17,20,23H,9,13H2,1H3,(H,22,24). The van der Waals surface area contributed by atoms with Crippen molar-refractivity contribution in [1.82, 2.24) is 5.32 Å². The van der Waals surface area contributed by atoms with Gasteiger partial charge in [-0.1, -0.05) is 60.2 Å². The summed E-state index contributed by atoms with van der Waals surface area (Å²) in [4.78, 5) is 12.8. The second kappa shape index (κ2) is 6.16. The Labute approximate surface area is 142 Å². The lowest BCUT2D eigenvalue weighted by molar-refractivity contribution is -0.123. The van der Waals surface area contributed by atoms with Gasteiger partial charge in [-0.15, -0.1) is 0 Å². The summed E-state index contributed by atoms with van der Waals surface area (Å²) < 4.78 is 0. The molecule has 3 atom stereocenters. The topological polar surface area (TPSA) is 41.1 Å². The highest BCUT2D eigenvalue weighted by Gasteiger charge is 2.40. The molecule has 0 saturated carbocycles. The molecule has 1 aliphatic carbocycles. The van der Waals surface area contributed by atoms with Gasteiger partial charge >= 0.3 is 0 Å². The van der Waals surface area contributed by atoms with Crippen molar-refractivity contribution in [3.05, 3.63) is 77.4 Å². The van der Waals surface area contributed by atoms with Gasteiger partial charge in [0.2, 0.25) is 5.91 Å². The third kappa shape index (κ3) is 2.71. The Morgan fingerprint density at radius 1 is 1.21 bits per heavy atom. The molecule has 0 bridgehead atoms. The largest absolute Gasteiger partial charge is 0.373 e. The minimum Gasteiger partial charge on any atom is -0.373 e. The molecular formula is C21H22N2O. The highest BCUT2D eigenvalue weighted by atomic mass is 16.2. The number of fused-ring (bicyclic) bond motifs is 3. The zero-order valence-electron chi connectivity index (χ0n) is 13.8. The molecule has 0 fully saturated rings. The molecule has 1 heterocycles. The van der Waals surface area contributed by atoms with E-state index in [0.29, 0.717) is 18.4 Å². The van der Waals surface area contributed by atoms with Crippen LogP contribution in [-0.4, -0.2) is 11.9 Å². The Morgan fingerprint density at radius 2 is 2.04 bits per heavy atom. The van der Waals surface area contributed by atoms with Crippen LogP contribution in [0.1, 0.15) is 29.0 Å². The number of amides is 1. The van der Waals surface area contributed by atoms with Gasteiger partial charge in [-0.3, -0.25) is 4.79 Å². The number of anilines is 1. The normalized spacial score (nSPS) is 24.0. The van der Waals surface area contributed by atoms with Gasteiger partial charge in [-0.25, -0.2) is 0 Å². The average molecular weight is 318 g/mol. The van der Waals surface area contributed by atoms with Crippen molar-refractivity contribution in [1.29, 1.82) is 0 Å². The fourth-order valence-electron chi connectivity index (χ4n) is 3.87. The lowest BCUT2D eigenvalue weighted by Crippen LogP contribution is -2.47. The third-order valence-electron chi connectivity index (χ3n) is 5.11. The van der Waals surface area contributed by atoms with E-state index in [4.69, 9.17) is 0 Å². The van der Waals surface area contributed by atoms with Crippen LogP contribution in [0.5, 0.6) is 0 Å². The molecular weight excluding hydrogens is 296 g/mol. The van der Waals surface area contributed by atoms with E-state index in [2.05, 4.69) is 47.9 Å². The van der Waals surface area contributed by atoms with Gasteiger partial charge in [0.25, 0.3) is 0 Å². The fourth-order valence-corrected chi connectivity index (χ4v) is 3.87. The molecule has 1 amide bonds. The van der Waals surface area contributed by atoms with E-state index in [9.17, 15) is 4.79 Å². The third-order valence-corrected chi connectivity index (χ3v) is 5.11. The SMILES string of the molecule is Cc1ccc2c(c1)C1C=CCC1C(C(=O)NCc1ccccc1)N2. The summed E-state index contributed by atoms with van der Waals surface area (Å²) in [5.41, 5.74) is 4.80. The molecule has 2 aliphatic rings. The van der Waals surface area contributed by atoms with E-state index in [1.54, 1.807) is 0 Å². The average Bonchev–Trinajstić information content (AvgIpc) is 3.10. The van der Waals surface area contributed by atoms with Gasteiger partial charge in [0.1, 0.15) is 6.04 Å². The van der Waals surface area contributed by atoms with Crippen LogP contribution in [0.15, 0.2) is 60.7 Å². The van der Waals surface area contributed by atoms with Crippen molar-refractivity contribution in [2.45, 2.75) is 31.8 Å². The number of nitrogens with one attached hydrogen (secondary N) is 2. The van der Waals surface area contributed by atoms with Gasteiger partial charge in [0.15, 0.2) is 0 Å². The maximum atomic E-state index is 12.8. The highest BCUT2D eigenvalue weighted by Crippen LogP contribution is 2.44. The summed E-state index contributed by atoms with van der Waals surface area (Å²) in [5.74, 6) is 0.729. The lowest BCUT2D eigenvalue weighted by atomic mass is 9.78. The number of aryl methyl sites for hydroxylation is 1. The smallest absolute Gasteiger partial charge is 0.243 e. The molecule has 2 aromatic carbocycles. The number of allylic oxidation sites excluding steroid dienone is 2. The molecule has 3 nitrogen and oxygen atoms in total. The second-order valence-electron chi connectivity index (χ2n) is 6.77. The van der Waals surface area contributed by atoms with Crippen molar-refractivity contribution in [3.63, 3.8) is 0 Å². The maximum Gasteiger partial charge on any atom is 0.243 e. The summed E-state index contributed by atoms with van der Waals surface area (Å²) in [6.45, 7) is 2.69. The molecule has 3 heteroatoms. The lowest BCUT2D eigenvalue weighted by Gasteiger charge is -2.36. The van der Waals surface area contributed by atoms with E-state index < -0.39 is 0 Å². The first-order valence-electron chi connectivity index (χ1n) is 8.58. The summed E-state index contributed by atoms with van der Waals surface area (Å²) in [5, 5.41) is 6.57. The predicted octanol–water partition coefficient (Wildman–Crippen LogP) is 3.77. The van der Waals surface area contributed by atoms with Gasteiger partial charge in [0, 0.05) is 24.1 Å². The van der Waals surface area contributed by atoms with Crippen molar-refractivity contribution in [3.8, 4) is 0 Å². The van der Waals surface area contributed by atoms with Crippen molar-refractivity contribution >= 4 is 11.6 Å². The number of carbonyl (C=O) groups is 1.